The Balaban J connectivity index is 6.04. The summed E-state index contributed by atoms with van der Waals surface area (Å²) in [6.45, 7) is 2.46. The number of carbonyl (C=O) groups is 1. The average Bonchev–Trinajstić information content (AvgIpc) is 2.74. The van der Waals surface area contributed by atoms with Crippen molar-refractivity contribution in [1.29, 1.82) is 0 Å². The molecule has 202 valence electrons. The molecule has 7 unspecified atom stereocenters. The van der Waals surface area contributed by atoms with Crippen molar-refractivity contribution < 1.29 is 84.2 Å². The van der Waals surface area contributed by atoms with E-state index >= 15 is 0 Å². The number of halogens is 17. The van der Waals surface area contributed by atoms with Crippen LogP contribution in [0.1, 0.15) is 0 Å². The van der Waals surface area contributed by atoms with Crippen molar-refractivity contribution in [2.45, 2.75) is 73.5 Å². The average molecular weight is 546 g/mol. The van der Waals surface area contributed by atoms with Gasteiger partial charge in [-0.1, -0.05) is 6.58 Å². The number of ether oxygens (including phenoxy) is 1. The largest absolute Gasteiger partial charge is 0.421 e. The number of alkyl halides is 17. The minimum Gasteiger partial charge on any atom is -0.421 e. The summed E-state index contributed by atoms with van der Waals surface area (Å²) in [7, 11) is 0. The molecule has 0 aromatic carbocycles. The van der Waals surface area contributed by atoms with Crippen molar-refractivity contribution in [3.8, 4) is 0 Å². The van der Waals surface area contributed by atoms with Gasteiger partial charge in [0.05, 0.1) is 0 Å². The van der Waals surface area contributed by atoms with E-state index in [2.05, 4.69) is 11.3 Å². The van der Waals surface area contributed by atoms with Gasteiger partial charge >= 0.3 is 36.0 Å². The molecule has 0 saturated heterocycles. The van der Waals surface area contributed by atoms with E-state index in [9.17, 15) is 79.4 Å². The smallest absolute Gasteiger partial charge is 0.385 e. The highest BCUT2D eigenvalue weighted by Gasteiger charge is 2.85. The van der Waals surface area contributed by atoms with Crippen LogP contribution < -0.4 is 0 Å². The fourth-order valence-corrected chi connectivity index (χ4v) is 1.99. The van der Waals surface area contributed by atoms with Crippen LogP contribution >= 0.6 is 0 Å². The van der Waals surface area contributed by atoms with Gasteiger partial charge in [-0.3, -0.25) is 0 Å². The summed E-state index contributed by atoms with van der Waals surface area (Å²) in [5.74, 6) is -32.5. The van der Waals surface area contributed by atoms with E-state index in [0.29, 0.717) is 0 Å². The lowest BCUT2D eigenvalue weighted by Crippen LogP contribution is -2.68. The standard InChI is InChI=1S/C15H11F17O2/c1-2-3(33)34-11(24)13(27,28)15(31,32)14(29,30)12(25,26)9(21)7(19)5(17)4(16)6(18)8(20)10(22)23/h2,4-11H,1H2. The van der Waals surface area contributed by atoms with E-state index in [-0.39, 0.29) is 6.08 Å². The highest BCUT2D eigenvalue weighted by molar-refractivity contribution is 5.81. The maximum Gasteiger partial charge on any atom is 0.385 e. The van der Waals surface area contributed by atoms with E-state index in [1.165, 1.54) is 0 Å². The molecule has 0 aromatic rings. The quantitative estimate of drug-likeness (QED) is 0.165. The molecule has 0 spiro atoms. The van der Waals surface area contributed by atoms with Gasteiger partial charge in [-0.25, -0.2) is 39.9 Å². The van der Waals surface area contributed by atoms with Crippen LogP contribution in [0.25, 0.3) is 0 Å². The van der Waals surface area contributed by atoms with Crippen LogP contribution in [-0.4, -0.2) is 79.5 Å². The van der Waals surface area contributed by atoms with Crippen molar-refractivity contribution in [3.05, 3.63) is 12.7 Å². The topological polar surface area (TPSA) is 26.3 Å². The van der Waals surface area contributed by atoms with Crippen molar-refractivity contribution in [3.63, 3.8) is 0 Å². The van der Waals surface area contributed by atoms with Gasteiger partial charge < -0.3 is 4.74 Å². The van der Waals surface area contributed by atoms with Gasteiger partial charge in [0.15, 0.2) is 30.9 Å². The maximum atomic E-state index is 13.6. The summed E-state index contributed by atoms with van der Waals surface area (Å²) < 4.78 is 227. The monoisotopic (exact) mass is 546 g/mol. The Morgan fingerprint density at radius 2 is 0.971 bits per heavy atom. The third-order valence-corrected chi connectivity index (χ3v) is 3.99. The molecule has 0 rings (SSSR count). The Morgan fingerprint density at radius 3 is 1.35 bits per heavy atom. The van der Waals surface area contributed by atoms with Gasteiger partial charge in [0.2, 0.25) is 6.17 Å². The molecular weight excluding hydrogens is 535 g/mol. The number of hydrogen-bond donors (Lipinski definition) is 0. The Kier molecular flexibility index (Phi) is 10.1. The van der Waals surface area contributed by atoms with Gasteiger partial charge in [0, 0.05) is 6.08 Å². The minimum absolute atomic E-state index is 0.179. The number of esters is 1. The van der Waals surface area contributed by atoms with Crippen LogP contribution in [0.5, 0.6) is 0 Å². The highest BCUT2D eigenvalue weighted by Crippen LogP contribution is 2.56. The van der Waals surface area contributed by atoms with E-state index in [0.717, 1.165) is 0 Å². The zero-order valence-electron chi connectivity index (χ0n) is 15.6. The van der Waals surface area contributed by atoms with Gasteiger partial charge in [-0.15, -0.1) is 0 Å². The summed E-state index contributed by atoms with van der Waals surface area (Å²) in [5, 5.41) is 0. The second-order valence-corrected chi connectivity index (χ2v) is 6.31. The summed E-state index contributed by atoms with van der Waals surface area (Å²) in [4.78, 5) is 10.5. The zero-order valence-corrected chi connectivity index (χ0v) is 15.6. The Bertz CT molecular complexity index is 698. The van der Waals surface area contributed by atoms with Crippen LogP contribution in [0.4, 0.5) is 74.6 Å². The fraction of sp³-hybridized carbons (Fsp3) is 0.800. The molecule has 7 atom stereocenters. The molecule has 0 aliphatic rings. The van der Waals surface area contributed by atoms with Crippen LogP contribution in [0.15, 0.2) is 12.7 Å². The minimum atomic E-state index is -7.87. The molecular formula is C15H11F17O2. The second-order valence-electron chi connectivity index (χ2n) is 6.31. The van der Waals surface area contributed by atoms with E-state index in [1.54, 1.807) is 0 Å². The number of hydrogen-bond acceptors (Lipinski definition) is 2. The third-order valence-electron chi connectivity index (χ3n) is 3.99. The third kappa shape index (κ3) is 5.63. The van der Waals surface area contributed by atoms with Crippen LogP contribution in [0.3, 0.4) is 0 Å². The molecule has 0 aromatic heterocycles. The molecule has 0 bridgehead atoms. The first-order chi connectivity index (χ1) is 15.0. The second kappa shape index (κ2) is 10.7. The Hall–Kier alpha value is -1.98. The fourth-order valence-electron chi connectivity index (χ4n) is 1.99. The SMILES string of the molecule is C=CC(=O)OC(F)C(F)(F)C(F)(F)C(F)(F)C(F)(F)C(F)C(F)C(F)C(F)C(F)C(F)C(F)F. The molecule has 34 heavy (non-hydrogen) atoms. The molecule has 0 aliphatic carbocycles. The van der Waals surface area contributed by atoms with Gasteiger partial charge in [0.25, 0.3) is 6.43 Å². The number of carbonyl (C=O) groups excluding carboxylic acids is 1. The summed E-state index contributed by atoms with van der Waals surface area (Å²) in [5.41, 5.74) is 0. The van der Waals surface area contributed by atoms with E-state index in [4.69, 9.17) is 0 Å². The van der Waals surface area contributed by atoms with Gasteiger partial charge in [0.1, 0.15) is 0 Å². The first kappa shape index (κ1) is 32.0. The van der Waals surface area contributed by atoms with Gasteiger partial charge in [-0.05, 0) is 0 Å². The molecule has 0 radical (unpaired) electrons. The van der Waals surface area contributed by atoms with E-state index < -0.39 is 79.5 Å². The van der Waals surface area contributed by atoms with Crippen LogP contribution in [0.2, 0.25) is 0 Å². The molecule has 2 nitrogen and oxygen atoms in total. The Labute approximate surface area is 177 Å². The molecule has 19 heteroatoms. The van der Waals surface area contributed by atoms with Gasteiger partial charge in [-0.2, -0.15) is 39.5 Å². The predicted octanol–water partition coefficient (Wildman–Crippen LogP) is 5.85. The lowest BCUT2D eigenvalue weighted by atomic mass is 9.91. The first-order valence-corrected chi connectivity index (χ1v) is 8.14. The predicted molar refractivity (Wildman–Crippen MR) is 76.4 cm³/mol. The summed E-state index contributed by atoms with van der Waals surface area (Å²) in [6, 6.07) is 0. The van der Waals surface area contributed by atoms with Crippen molar-refractivity contribution in [2.75, 3.05) is 0 Å². The molecule has 0 heterocycles. The Morgan fingerprint density at radius 1 is 0.618 bits per heavy atom. The molecule has 0 aliphatic heterocycles. The normalized spacial score (nSPS) is 20.2. The number of rotatable bonds is 13. The molecule has 0 N–H and O–H groups in total. The zero-order chi connectivity index (χ0) is 27.6. The van der Waals surface area contributed by atoms with Crippen LogP contribution in [0, 0.1) is 0 Å². The first-order valence-electron chi connectivity index (χ1n) is 8.14. The van der Waals surface area contributed by atoms with Crippen molar-refractivity contribution >= 4 is 5.97 Å². The van der Waals surface area contributed by atoms with E-state index in [1.807, 2.05) is 0 Å². The lowest BCUT2D eigenvalue weighted by molar-refractivity contribution is -0.398. The maximum absolute atomic E-state index is 13.6. The molecule has 0 saturated carbocycles. The van der Waals surface area contributed by atoms with Crippen molar-refractivity contribution in [2.24, 2.45) is 0 Å². The van der Waals surface area contributed by atoms with Crippen LogP contribution in [-0.2, 0) is 9.53 Å². The summed E-state index contributed by atoms with van der Waals surface area (Å²) in [6.07, 6.45) is -38.8. The molecule has 0 fully saturated rings. The van der Waals surface area contributed by atoms with Crippen molar-refractivity contribution in [1.82, 2.24) is 0 Å². The lowest BCUT2D eigenvalue weighted by Gasteiger charge is -2.39. The molecule has 0 amide bonds. The highest BCUT2D eigenvalue weighted by atomic mass is 19.4. The summed E-state index contributed by atoms with van der Waals surface area (Å²) >= 11 is 0.